The van der Waals surface area contributed by atoms with Crippen LogP contribution < -0.4 is 15.2 Å². The van der Waals surface area contributed by atoms with E-state index in [0.717, 1.165) is 6.92 Å². The van der Waals surface area contributed by atoms with Gasteiger partial charge in [-0.25, -0.2) is 41.0 Å². The number of halogens is 3. The first-order valence-electron chi connectivity index (χ1n) is 11.6. The van der Waals surface area contributed by atoms with Gasteiger partial charge in [0.15, 0.2) is 23.1 Å². The Labute approximate surface area is 221 Å². The molecule has 3 aromatic carbocycles. The van der Waals surface area contributed by atoms with Crippen molar-refractivity contribution >= 4 is 26.9 Å². The van der Waals surface area contributed by atoms with Crippen molar-refractivity contribution in [3.63, 3.8) is 0 Å². The third-order valence-corrected chi connectivity index (χ3v) is 7.52. The topological polar surface area (TPSA) is 125 Å². The number of nitrogens with two attached hydrogens (primary N) is 1. The summed E-state index contributed by atoms with van der Waals surface area (Å²) in [7, 11) is -4.37. The zero-order chi connectivity index (χ0) is 27.7. The zero-order valence-corrected chi connectivity index (χ0v) is 21.2. The fourth-order valence-electron chi connectivity index (χ4n) is 4.00. The summed E-state index contributed by atoms with van der Waals surface area (Å²) < 4.78 is 76.0. The minimum Gasteiger partial charge on any atom is -0.457 e. The Bertz CT molecular complexity index is 1780. The normalized spacial score (nSPS) is 11.7. The molecule has 0 unspecified atom stereocenters. The van der Waals surface area contributed by atoms with Crippen LogP contribution in [0, 0.1) is 24.4 Å². The molecular weight excluding hydrogens is 533 g/mol. The van der Waals surface area contributed by atoms with Gasteiger partial charge in [0.25, 0.3) is 0 Å². The number of ether oxygens (including phenoxy) is 1. The largest absolute Gasteiger partial charge is 0.457 e. The van der Waals surface area contributed by atoms with Crippen LogP contribution in [0.15, 0.2) is 71.9 Å². The summed E-state index contributed by atoms with van der Waals surface area (Å²) in [5.74, 6) is -3.44. The lowest BCUT2D eigenvalue weighted by Gasteiger charge is -2.11. The minimum atomic E-state index is -4.37. The second kappa shape index (κ2) is 10.3. The molecule has 0 aliphatic rings. The highest BCUT2D eigenvalue weighted by atomic mass is 32.2. The Hall–Kier alpha value is -4.49. The monoisotopic (exact) mass is 554 g/mol. The first-order chi connectivity index (χ1) is 18.7. The summed E-state index contributed by atoms with van der Waals surface area (Å²) in [5, 5.41) is 5.04. The SMILES string of the molecule is Cc1c(S(=O)(=O)NCCn2nc(-c3ccc(Oc4ccccc4)cc3)c3c(N)ncnc32)cc(F)c(F)c1F. The van der Waals surface area contributed by atoms with Gasteiger partial charge < -0.3 is 10.5 Å². The molecule has 0 atom stereocenters. The zero-order valence-electron chi connectivity index (χ0n) is 20.4. The molecule has 0 spiro atoms. The van der Waals surface area contributed by atoms with E-state index < -0.39 is 37.9 Å². The number of rotatable bonds is 8. The molecular formula is C26H21F3N6O3S. The molecule has 200 valence electrons. The number of hydrogen-bond donors (Lipinski definition) is 2. The summed E-state index contributed by atoms with van der Waals surface area (Å²) in [6.07, 6.45) is 1.26. The number of aromatic nitrogens is 4. The molecule has 0 amide bonds. The van der Waals surface area contributed by atoms with Gasteiger partial charge >= 0.3 is 0 Å². The van der Waals surface area contributed by atoms with Gasteiger partial charge in [-0.1, -0.05) is 18.2 Å². The standard InChI is InChI=1S/C26H21F3N6O3S/c1-15-20(13-19(27)23(29)22(15)28)39(36,37)33-11-12-35-26-21(25(30)31-14-32-26)24(34-35)16-7-9-18(10-8-16)38-17-5-3-2-4-6-17/h2-10,13-14,33H,11-12H2,1H3,(H2,30,31,32). The van der Waals surface area contributed by atoms with Crippen LogP contribution in [0.25, 0.3) is 22.3 Å². The first-order valence-corrected chi connectivity index (χ1v) is 13.1. The molecule has 5 rings (SSSR count). The van der Waals surface area contributed by atoms with Crippen molar-refractivity contribution in [3.05, 3.63) is 90.0 Å². The van der Waals surface area contributed by atoms with Crippen LogP contribution in [0.3, 0.4) is 0 Å². The van der Waals surface area contributed by atoms with Crippen LogP contribution in [0.5, 0.6) is 11.5 Å². The number of nitrogen functional groups attached to an aromatic ring is 1. The van der Waals surface area contributed by atoms with Crippen LogP contribution in [-0.2, 0) is 16.6 Å². The molecule has 0 saturated heterocycles. The maximum absolute atomic E-state index is 13.9. The van der Waals surface area contributed by atoms with Crippen LogP contribution >= 0.6 is 0 Å². The lowest BCUT2D eigenvalue weighted by atomic mass is 10.1. The van der Waals surface area contributed by atoms with Gasteiger partial charge in [-0.05, 0) is 49.4 Å². The van der Waals surface area contributed by atoms with E-state index in [0.29, 0.717) is 39.9 Å². The molecule has 0 fully saturated rings. The molecule has 39 heavy (non-hydrogen) atoms. The highest BCUT2D eigenvalue weighted by molar-refractivity contribution is 7.89. The average Bonchev–Trinajstić information content (AvgIpc) is 3.30. The maximum Gasteiger partial charge on any atom is 0.241 e. The molecule has 3 N–H and O–H groups in total. The molecule has 0 bridgehead atoms. The van der Waals surface area contributed by atoms with Crippen LogP contribution in [0.2, 0.25) is 0 Å². The van der Waals surface area contributed by atoms with Gasteiger partial charge in [-0.3, -0.25) is 0 Å². The van der Waals surface area contributed by atoms with Gasteiger partial charge in [-0.2, -0.15) is 5.10 Å². The van der Waals surface area contributed by atoms with Crippen molar-refractivity contribution in [2.24, 2.45) is 0 Å². The number of sulfonamides is 1. The van der Waals surface area contributed by atoms with Gasteiger partial charge in [0.1, 0.15) is 29.3 Å². The quantitative estimate of drug-likeness (QED) is 0.269. The number of hydrogen-bond acceptors (Lipinski definition) is 7. The summed E-state index contributed by atoms with van der Waals surface area (Å²) >= 11 is 0. The summed E-state index contributed by atoms with van der Waals surface area (Å²) in [5.41, 5.74) is 7.11. The average molecular weight is 555 g/mol. The maximum atomic E-state index is 13.9. The fourth-order valence-corrected chi connectivity index (χ4v) is 5.27. The number of nitrogens with zero attached hydrogens (tertiary/aromatic N) is 4. The van der Waals surface area contributed by atoms with Crippen LogP contribution in [0.4, 0.5) is 19.0 Å². The van der Waals surface area contributed by atoms with Gasteiger partial charge in [0.2, 0.25) is 10.0 Å². The molecule has 0 saturated carbocycles. The second-order valence-corrected chi connectivity index (χ2v) is 10.2. The first kappa shape index (κ1) is 26.1. The van der Waals surface area contributed by atoms with Gasteiger partial charge in [-0.15, -0.1) is 0 Å². The van der Waals surface area contributed by atoms with E-state index >= 15 is 0 Å². The number of fused-ring (bicyclic) bond motifs is 1. The molecule has 9 nitrogen and oxygen atoms in total. The molecule has 2 heterocycles. The molecule has 5 aromatic rings. The Morgan fingerprint density at radius 1 is 0.974 bits per heavy atom. The Morgan fingerprint density at radius 2 is 1.67 bits per heavy atom. The Balaban J connectivity index is 1.39. The third kappa shape index (κ3) is 5.13. The van der Waals surface area contributed by atoms with Crippen LogP contribution in [0.1, 0.15) is 5.56 Å². The smallest absolute Gasteiger partial charge is 0.241 e. The van der Waals surface area contributed by atoms with Crippen molar-refractivity contribution in [2.75, 3.05) is 12.3 Å². The third-order valence-electron chi connectivity index (χ3n) is 5.93. The number of nitrogens with one attached hydrogen (secondary N) is 1. The van der Waals surface area contributed by atoms with E-state index in [2.05, 4.69) is 19.8 Å². The van der Waals surface area contributed by atoms with Crippen molar-refractivity contribution in [1.29, 1.82) is 0 Å². The van der Waals surface area contributed by atoms with Crippen molar-refractivity contribution in [1.82, 2.24) is 24.5 Å². The molecule has 0 aliphatic heterocycles. The fraction of sp³-hybridized carbons (Fsp3) is 0.115. The molecule has 2 aromatic heterocycles. The lowest BCUT2D eigenvalue weighted by molar-refractivity contribution is 0.437. The van der Waals surface area contributed by atoms with E-state index in [4.69, 9.17) is 10.5 Å². The molecule has 0 aliphatic carbocycles. The predicted octanol–water partition coefficient (Wildman–Crippen LogP) is 4.57. The highest BCUT2D eigenvalue weighted by Crippen LogP contribution is 2.32. The van der Waals surface area contributed by atoms with Gasteiger partial charge in [0.05, 0.1) is 16.8 Å². The number of anilines is 1. The lowest BCUT2D eigenvalue weighted by Crippen LogP contribution is -2.29. The van der Waals surface area contributed by atoms with Crippen LogP contribution in [-0.4, -0.2) is 34.7 Å². The van der Waals surface area contributed by atoms with E-state index in [-0.39, 0.29) is 18.9 Å². The molecule has 13 heteroatoms. The predicted molar refractivity (Wildman–Crippen MR) is 138 cm³/mol. The van der Waals surface area contributed by atoms with E-state index in [9.17, 15) is 21.6 Å². The number of benzene rings is 3. The summed E-state index contributed by atoms with van der Waals surface area (Å²) in [6.45, 7) is 0.828. The Morgan fingerprint density at radius 3 is 2.38 bits per heavy atom. The second-order valence-electron chi connectivity index (χ2n) is 8.48. The molecule has 0 radical (unpaired) electrons. The van der Waals surface area contributed by atoms with Crippen molar-refractivity contribution in [3.8, 4) is 22.8 Å². The summed E-state index contributed by atoms with van der Waals surface area (Å²) in [6, 6.07) is 16.8. The Kier molecular flexibility index (Phi) is 6.93. The highest BCUT2D eigenvalue weighted by Gasteiger charge is 2.24. The number of para-hydroxylation sites is 1. The van der Waals surface area contributed by atoms with Gasteiger partial charge in [0, 0.05) is 17.7 Å². The summed E-state index contributed by atoms with van der Waals surface area (Å²) in [4.78, 5) is 7.60. The van der Waals surface area contributed by atoms with E-state index in [1.54, 1.807) is 24.3 Å². The van der Waals surface area contributed by atoms with E-state index in [1.807, 2.05) is 30.3 Å². The van der Waals surface area contributed by atoms with E-state index in [1.165, 1.54) is 11.0 Å². The minimum absolute atomic E-state index is 0.00735. The van der Waals surface area contributed by atoms with Crippen molar-refractivity contribution in [2.45, 2.75) is 18.4 Å². The van der Waals surface area contributed by atoms with Crippen molar-refractivity contribution < 1.29 is 26.3 Å².